The second-order valence-corrected chi connectivity index (χ2v) is 5.71. The number of carbonyl (C=O) groups is 2. The van der Waals surface area contributed by atoms with Crippen LogP contribution in [0.2, 0.25) is 0 Å². The molecule has 7 heteroatoms. The third-order valence-corrected chi connectivity index (χ3v) is 4.43. The molecule has 1 saturated heterocycles. The van der Waals surface area contributed by atoms with Crippen molar-refractivity contribution in [2.45, 2.75) is 24.3 Å². The van der Waals surface area contributed by atoms with Gasteiger partial charge in [0.2, 0.25) is 0 Å². The molecule has 1 aromatic rings. The van der Waals surface area contributed by atoms with Gasteiger partial charge in [-0.3, -0.25) is 9.79 Å². The molecule has 21 heavy (non-hydrogen) atoms. The number of likely N-dealkylation sites (tertiary alicyclic amines) is 1. The predicted octanol–water partition coefficient (Wildman–Crippen LogP) is 2.15. The number of carbonyl (C=O) groups excluding carboxylic acids is 1. The molecule has 114 valence electrons. The highest BCUT2D eigenvalue weighted by Gasteiger charge is 2.42. The SMILES string of the molecule is CS[C@H]1CCN(C(=O)OOCc2ccccc2)[C@@H]1C(=O)O. The van der Waals surface area contributed by atoms with Crippen LogP contribution >= 0.6 is 11.8 Å². The maximum atomic E-state index is 11.9. The van der Waals surface area contributed by atoms with Gasteiger partial charge in [0, 0.05) is 11.8 Å². The van der Waals surface area contributed by atoms with Crippen LogP contribution in [0, 0.1) is 0 Å². The van der Waals surface area contributed by atoms with Crippen LogP contribution in [0.4, 0.5) is 4.79 Å². The summed E-state index contributed by atoms with van der Waals surface area (Å²) in [6.45, 7) is 0.486. The van der Waals surface area contributed by atoms with Gasteiger partial charge < -0.3 is 5.11 Å². The maximum absolute atomic E-state index is 11.9. The van der Waals surface area contributed by atoms with Crippen LogP contribution in [0.5, 0.6) is 0 Å². The Morgan fingerprint density at radius 3 is 2.71 bits per heavy atom. The minimum absolute atomic E-state index is 0.121. The summed E-state index contributed by atoms with van der Waals surface area (Å²) < 4.78 is 0. The van der Waals surface area contributed by atoms with Crippen LogP contribution in [0.1, 0.15) is 12.0 Å². The molecule has 0 aliphatic carbocycles. The summed E-state index contributed by atoms with van der Waals surface area (Å²) >= 11 is 1.44. The van der Waals surface area contributed by atoms with Crippen LogP contribution in [0.3, 0.4) is 0 Å². The third kappa shape index (κ3) is 3.89. The fraction of sp³-hybridized carbons (Fsp3) is 0.429. The Kier molecular flexibility index (Phi) is 5.46. The van der Waals surface area contributed by atoms with Crippen molar-refractivity contribution < 1.29 is 24.5 Å². The van der Waals surface area contributed by atoms with E-state index >= 15 is 0 Å². The van der Waals surface area contributed by atoms with Crippen molar-refractivity contribution in [3.63, 3.8) is 0 Å². The number of hydrogen-bond donors (Lipinski definition) is 1. The van der Waals surface area contributed by atoms with E-state index in [1.807, 2.05) is 36.6 Å². The monoisotopic (exact) mass is 311 g/mol. The standard InChI is InChI=1S/C14H17NO5S/c1-21-11-7-8-15(12(11)13(16)17)14(18)20-19-9-10-5-3-2-4-6-10/h2-6,11-12H,7-9H2,1H3,(H,16,17)/t11-,12-/m0/s1. The molecule has 6 nitrogen and oxygen atoms in total. The summed E-state index contributed by atoms with van der Waals surface area (Å²) in [6.07, 6.45) is 1.71. The molecule has 0 bridgehead atoms. The third-order valence-electron chi connectivity index (χ3n) is 3.33. The highest BCUT2D eigenvalue weighted by molar-refractivity contribution is 7.99. The molecule has 1 N–H and O–H groups in total. The lowest BCUT2D eigenvalue weighted by atomic mass is 10.2. The van der Waals surface area contributed by atoms with Gasteiger partial charge in [-0.2, -0.15) is 16.6 Å². The van der Waals surface area contributed by atoms with Crippen LogP contribution in [-0.4, -0.2) is 46.2 Å². The van der Waals surface area contributed by atoms with E-state index in [9.17, 15) is 14.7 Å². The van der Waals surface area contributed by atoms with Crippen molar-refractivity contribution in [2.75, 3.05) is 12.8 Å². The largest absolute Gasteiger partial charge is 0.480 e. The molecule has 0 spiro atoms. The Bertz CT molecular complexity index is 495. The number of rotatable bonds is 5. The molecule has 2 atom stereocenters. The van der Waals surface area contributed by atoms with Crippen LogP contribution in [0.15, 0.2) is 30.3 Å². The van der Waals surface area contributed by atoms with Gasteiger partial charge in [0.25, 0.3) is 0 Å². The van der Waals surface area contributed by atoms with Crippen molar-refractivity contribution in [2.24, 2.45) is 0 Å². The fourth-order valence-electron chi connectivity index (χ4n) is 2.28. The van der Waals surface area contributed by atoms with E-state index in [0.717, 1.165) is 5.56 Å². The molecule has 1 aliphatic rings. The van der Waals surface area contributed by atoms with Gasteiger partial charge in [-0.25, -0.2) is 9.59 Å². The summed E-state index contributed by atoms with van der Waals surface area (Å²) in [5, 5.41) is 9.11. The molecule has 2 rings (SSSR count). The molecule has 1 aromatic carbocycles. The van der Waals surface area contributed by atoms with E-state index in [-0.39, 0.29) is 11.9 Å². The second-order valence-electron chi connectivity index (χ2n) is 4.64. The molecule has 0 unspecified atom stereocenters. The zero-order chi connectivity index (χ0) is 15.2. The summed E-state index contributed by atoms with van der Waals surface area (Å²) in [6, 6.07) is 8.39. The Balaban J connectivity index is 1.86. The summed E-state index contributed by atoms with van der Waals surface area (Å²) in [5.41, 5.74) is 0.864. The van der Waals surface area contributed by atoms with Gasteiger partial charge >= 0.3 is 12.1 Å². The normalized spacial score (nSPS) is 21.3. The lowest BCUT2D eigenvalue weighted by molar-refractivity contribution is -0.256. The molecular formula is C14H17NO5S. The van der Waals surface area contributed by atoms with E-state index in [0.29, 0.717) is 13.0 Å². The number of carboxylic acids is 1. The van der Waals surface area contributed by atoms with E-state index in [4.69, 9.17) is 9.78 Å². The van der Waals surface area contributed by atoms with Crippen molar-refractivity contribution in [1.29, 1.82) is 0 Å². The van der Waals surface area contributed by atoms with E-state index in [1.165, 1.54) is 16.7 Å². The molecular weight excluding hydrogens is 294 g/mol. The Morgan fingerprint density at radius 1 is 1.38 bits per heavy atom. The molecule has 0 aromatic heterocycles. The first-order valence-electron chi connectivity index (χ1n) is 6.53. The minimum Gasteiger partial charge on any atom is -0.480 e. The van der Waals surface area contributed by atoms with Crippen molar-refractivity contribution in [1.82, 2.24) is 4.90 Å². The first kappa shape index (κ1) is 15.7. The van der Waals surface area contributed by atoms with Gasteiger partial charge in [-0.1, -0.05) is 30.3 Å². The maximum Gasteiger partial charge on any atom is 0.442 e. The number of thioether (sulfide) groups is 1. The van der Waals surface area contributed by atoms with Crippen LogP contribution in [0.25, 0.3) is 0 Å². The quantitative estimate of drug-likeness (QED) is 0.663. The number of hydrogen-bond acceptors (Lipinski definition) is 5. The van der Waals surface area contributed by atoms with E-state index in [2.05, 4.69) is 0 Å². The molecule has 0 radical (unpaired) electrons. The topological polar surface area (TPSA) is 76.1 Å². The molecule has 1 amide bonds. The van der Waals surface area contributed by atoms with Gasteiger partial charge in [-0.05, 0) is 18.2 Å². The average Bonchev–Trinajstić information content (AvgIpc) is 2.92. The van der Waals surface area contributed by atoms with E-state index < -0.39 is 18.1 Å². The first-order chi connectivity index (χ1) is 10.1. The zero-order valence-corrected chi connectivity index (χ0v) is 12.4. The number of amides is 1. The molecule has 1 heterocycles. The summed E-state index contributed by atoms with van der Waals surface area (Å²) in [5.74, 6) is -1.02. The minimum atomic E-state index is -1.02. The lowest BCUT2D eigenvalue weighted by Crippen LogP contribution is -2.44. The van der Waals surface area contributed by atoms with Gasteiger partial charge in [0.15, 0.2) is 0 Å². The van der Waals surface area contributed by atoms with E-state index in [1.54, 1.807) is 0 Å². The zero-order valence-electron chi connectivity index (χ0n) is 11.6. The van der Waals surface area contributed by atoms with Gasteiger partial charge in [0.05, 0.1) is 0 Å². The van der Waals surface area contributed by atoms with Crippen LogP contribution in [-0.2, 0) is 21.2 Å². The second kappa shape index (κ2) is 7.33. The van der Waals surface area contributed by atoms with Crippen molar-refractivity contribution in [3.8, 4) is 0 Å². The Morgan fingerprint density at radius 2 is 2.10 bits per heavy atom. The van der Waals surface area contributed by atoms with Gasteiger partial charge in [0.1, 0.15) is 12.6 Å². The van der Waals surface area contributed by atoms with Crippen LogP contribution < -0.4 is 0 Å². The van der Waals surface area contributed by atoms with Gasteiger partial charge in [-0.15, -0.1) is 0 Å². The lowest BCUT2D eigenvalue weighted by Gasteiger charge is -2.22. The number of nitrogens with zero attached hydrogens (tertiary/aromatic N) is 1. The molecule has 1 fully saturated rings. The molecule has 0 saturated carbocycles. The fourth-order valence-corrected chi connectivity index (χ4v) is 3.14. The summed E-state index contributed by atoms with van der Waals surface area (Å²) in [7, 11) is 0. The average molecular weight is 311 g/mol. The highest BCUT2D eigenvalue weighted by atomic mass is 32.2. The first-order valence-corrected chi connectivity index (χ1v) is 7.82. The predicted molar refractivity (Wildman–Crippen MR) is 77.8 cm³/mol. The number of carboxylic acid groups (broad SMARTS) is 1. The van der Waals surface area contributed by atoms with Crippen molar-refractivity contribution >= 4 is 23.8 Å². The summed E-state index contributed by atoms with van der Waals surface area (Å²) in [4.78, 5) is 34.0. The van der Waals surface area contributed by atoms with Crippen molar-refractivity contribution in [3.05, 3.63) is 35.9 Å². The molecule has 1 aliphatic heterocycles. The number of aliphatic carboxylic acids is 1. The Labute approximate surface area is 127 Å². The smallest absolute Gasteiger partial charge is 0.442 e. The Hall–Kier alpha value is -1.73. The number of benzene rings is 1. The highest BCUT2D eigenvalue weighted by Crippen LogP contribution is 2.28.